The summed E-state index contributed by atoms with van der Waals surface area (Å²) in [7, 11) is 0. The van der Waals surface area contributed by atoms with Gasteiger partial charge in [-0.2, -0.15) is 6.07 Å². The van der Waals surface area contributed by atoms with Crippen LogP contribution in [0.4, 0.5) is 0 Å². The minimum Gasteiger partial charge on any atom is -1.00 e. The van der Waals surface area contributed by atoms with Crippen LogP contribution in [-0.4, -0.2) is 0 Å². The van der Waals surface area contributed by atoms with Crippen molar-refractivity contribution >= 4 is 10.8 Å². The van der Waals surface area contributed by atoms with Crippen molar-refractivity contribution < 1.29 is 51.0 Å². The van der Waals surface area contributed by atoms with E-state index in [1.54, 1.807) is 0 Å². The molecular formula is C14H17Cl2Zr. The summed E-state index contributed by atoms with van der Waals surface area (Å²) in [6.45, 7) is 8.91. The number of halogens is 2. The Morgan fingerprint density at radius 3 is 2.18 bits per heavy atom. The second kappa shape index (κ2) is 7.67. The van der Waals surface area contributed by atoms with E-state index in [4.69, 9.17) is 0 Å². The molecule has 0 spiro atoms. The van der Waals surface area contributed by atoms with Crippen LogP contribution in [0.5, 0.6) is 0 Å². The van der Waals surface area contributed by atoms with Crippen LogP contribution in [0.1, 0.15) is 36.5 Å². The third kappa shape index (κ3) is 3.88. The number of fused-ring (bicyclic) bond motifs is 1. The molecule has 0 saturated carbocycles. The molecule has 0 unspecified atom stereocenters. The van der Waals surface area contributed by atoms with Crippen LogP contribution >= 0.6 is 0 Å². The summed E-state index contributed by atoms with van der Waals surface area (Å²) in [4.78, 5) is 0. The first kappa shape index (κ1) is 19.6. The first-order valence-electron chi connectivity index (χ1n) is 5.26. The summed E-state index contributed by atoms with van der Waals surface area (Å²) in [5.74, 6) is 0.612. The minimum atomic E-state index is 0. The van der Waals surface area contributed by atoms with Gasteiger partial charge in [-0.05, 0) is 12.8 Å². The van der Waals surface area contributed by atoms with Crippen LogP contribution in [0.15, 0.2) is 24.3 Å². The van der Waals surface area contributed by atoms with Crippen LogP contribution in [0, 0.1) is 13.8 Å². The molecule has 0 heterocycles. The fraction of sp³-hybridized carbons (Fsp3) is 0.357. The quantitative estimate of drug-likeness (QED) is 0.540. The van der Waals surface area contributed by atoms with Crippen molar-refractivity contribution in [3.8, 4) is 0 Å². The zero-order chi connectivity index (χ0) is 10.3. The van der Waals surface area contributed by atoms with E-state index in [1.807, 2.05) is 0 Å². The van der Waals surface area contributed by atoms with Crippen molar-refractivity contribution in [3.63, 3.8) is 0 Å². The summed E-state index contributed by atoms with van der Waals surface area (Å²) in [6, 6.07) is 9.03. The maximum absolute atomic E-state index is 2.30. The molecule has 1 radical (unpaired) electrons. The molecule has 2 rings (SSSR count). The molecule has 0 fully saturated rings. The largest absolute Gasteiger partial charge is 3.00 e. The molecule has 0 aliphatic heterocycles. The Balaban J connectivity index is 0. The Morgan fingerprint density at radius 2 is 1.65 bits per heavy atom. The van der Waals surface area contributed by atoms with Crippen LogP contribution in [0.25, 0.3) is 10.8 Å². The summed E-state index contributed by atoms with van der Waals surface area (Å²) in [5.41, 5.74) is 4.29. The van der Waals surface area contributed by atoms with Gasteiger partial charge in [0.15, 0.2) is 0 Å². The normalized spacial score (nSPS) is 9.47. The van der Waals surface area contributed by atoms with Gasteiger partial charge in [0.25, 0.3) is 0 Å². The summed E-state index contributed by atoms with van der Waals surface area (Å²) >= 11 is 0. The number of benzene rings is 1. The molecule has 0 atom stereocenters. The number of aryl methyl sites for hydroxylation is 2. The molecule has 91 valence electrons. The van der Waals surface area contributed by atoms with E-state index in [2.05, 4.69) is 52.0 Å². The van der Waals surface area contributed by atoms with Crippen molar-refractivity contribution in [3.05, 3.63) is 41.0 Å². The summed E-state index contributed by atoms with van der Waals surface area (Å²) in [5, 5.41) is 2.83. The van der Waals surface area contributed by atoms with Gasteiger partial charge in [0.2, 0.25) is 0 Å². The van der Waals surface area contributed by atoms with E-state index in [1.165, 1.54) is 27.5 Å². The second-order valence-electron chi connectivity index (χ2n) is 4.49. The van der Waals surface area contributed by atoms with Crippen LogP contribution in [0.3, 0.4) is 0 Å². The van der Waals surface area contributed by atoms with Crippen molar-refractivity contribution in [2.75, 3.05) is 0 Å². The fourth-order valence-corrected chi connectivity index (χ4v) is 2.33. The van der Waals surface area contributed by atoms with Gasteiger partial charge in [-0.15, -0.1) is 34.5 Å². The predicted molar refractivity (Wildman–Crippen MR) is 63.1 cm³/mol. The first-order chi connectivity index (χ1) is 6.59. The molecule has 2 aromatic carbocycles. The van der Waals surface area contributed by atoms with E-state index in [-0.39, 0.29) is 51.0 Å². The van der Waals surface area contributed by atoms with Gasteiger partial charge in [-0.25, -0.2) is 0 Å². The standard InChI is InChI=1S/C14H17.2ClH.Zr/c1-9(2)14-11(4)5-6-12-7-10(3)8-13(12)14;;;/h5-9H,1-4H3;2*1H;/q-1;;;+3/p-2. The molecule has 0 amide bonds. The van der Waals surface area contributed by atoms with Gasteiger partial charge in [0.05, 0.1) is 0 Å². The Labute approximate surface area is 135 Å². The molecule has 0 aliphatic rings. The Bertz CT molecular complexity index is 472. The molecule has 0 nitrogen and oxygen atoms in total. The van der Waals surface area contributed by atoms with Gasteiger partial charge < -0.3 is 24.8 Å². The SMILES string of the molecule is Cc1cc2c(C(C)C)c(C)ccc2[cH-]1.[Cl-].[Cl-].[Zr+3]. The maximum Gasteiger partial charge on any atom is 3.00 e. The second-order valence-corrected chi connectivity index (χ2v) is 4.49. The van der Waals surface area contributed by atoms with Crippen molar-refractivity contribution in [1.82, 2.24) is 0 Å². The van der Waals surface area contributed by atoms with Crippen molar-refractivity contribution in [2.24, 2.45) is 0 Å². The number of hydrogen-bond donors (Lipinski definition) is 0. The molecular weight excluding hydrogens is 330 g/mol. The topological polar surface area (TPSA) is 0 Å². The van der Waals surface area contributed by atoms with Crippen LogP contribution in [-0.2, 0) is 26.2 Å². The molecule has 2 aromatic rings. The molecule has 0 N–H and O–H groups in total. The minimum absolute atomic E-state index is 0. The Hall–Kier alpha value is 0.293. The Kier molecular flexibility index (Phi) is 8.85. The molecule has 0 bridgehead atoms. The average molecular weight is 347 g/mol. The number of rotatable bonds is 1. The smallest absolute Gasteiger partial charge is 1.00 e. The zero-order valence-electron chi connectivity index (χ0n) is 10.6. The summed E-state index contributed by atoms with van der Waals surface area (Å²) in [6.07, 6.45) is 0. The van der Waals surface area contributed by atoms with E-state index in [9.17, 15) is 0 Å². The molecule has 0 aromatic heterocycles. The van der Waals surface area contributed by atoms with E-state index in [0.29, 0.717) is 5.92 Å². The first-order valence-corrected chi connectivity index (χ1v) is 5.26. The summed E-state index contributed by atoms with van der Waals surface area (Å²) < 4.78 is 0. The van der Waals surface area contributed by atoms with Crippen molar-refractivity contribution in [1.29, 1.82) is 0 Å². The third-order valence-electron chi connectivity index (χ3n) is 2.87. The monoisotopic (exact) mass is 345 g/mol. The van der Waals surface area contributed by atoms with Crippen LogP contribution < -0.4 is 24.8 Å². The maximum atomic E-state index is 2.30. The fourth-order valence-electron chi connectivity index (χ4n) is 2.33. The van der Waals surface area contributed by atoms with Crippen LogP contribution in [0.2, 0.25) is 0 Å². The van der Waals surface area contributed by atoms with Gasteiger partial charge in [0, 0.05) is 0 Å². The van der Waals surface area contributed by atoms with Gasteiger partial charge in [-0.1, -0.05) is 31.9 Å². The zero-order valence-corrected chi connectivity index (χ0v) is 14.6. The molecule has 17 heavy (non-hydrogen) atoms. The van der Waals surface area contributed by atoms with Gasteiger partial charge in [0.1, 0.15) is 0 Å². The number of hydrogen-bond acceptors (Lipinski definition) is 0. The third-order valence-corrected chi connectivity index (χ3v) is 2.87. The van der Waals surface area contributed by atoms with Crippen molar-refractivity contribution in [2.45, 2.75) is 33.6 Å². The molecule has 0 aliphatic carbocycles. The van der Waals surface area contributed by atoms with E-state index in [0.717, 1.165) is 0 Å². The van der Waals surface area contributed by atoms with E-state index < -0.39 is 0 Å². The molecule has 3 heteroatoms. The predicted octanol–water partition coefficient (Wildman–Crippen LogP) is -1.70. The molecule has 0 saturated heterocycles. The van der Waals surface area contributed by atoms with Gasteiger partial charge in [-0.3, -0.25) is 0 Å². The van der Waals surface area contributed by atoms with Gasteiger partial charge >= 0.3 is 26.2 Å². The van der Waals surface area contributed by atoms with E-state index >= 15 is 0 Å². The average Bonchev–Trinajstić information content (AvgIpc) is 2.43. The Morgan fingerprint density at radius 1 is 1.06 bits per heavy atom.